The van der Waals surface area contributed by atoms with E-state index in [1.54, 1.807) is 0 Å². The minimum Gasteiger partial charge on any atom is -0.386 e. The highest BCUT2D eigenvalue weighted by molar-refractivity contribution is 5.92. The zero-order chi connectivity index (χ0) is 12.3. The third kappa shape index (κ3) is 2.53. The van der Waals surface area contributed by atoms with Crippen LogP contribution in [0.5, 0.6) is 0 Å². The van der Waals surface area contributed by atoms with Crippen LogP contribution >= 0.6 is 0 Å². The van der Waals surface area contributed by atoms with E-state index in [1.807, 2.05) is 4.90 Å². The highest BCUT2D eigenvalue weighted by Gasteiger charge is 2.39. The molecular weight excluding hydrogens is 216 g/mol. The molecular formula is C12H22N4O. The molecule has 0 aromatic heterocycles. The average Bonchev–Trinajstić information content (AvgIpc) is 2.80. The number of nitrogens with one attached hydrogen (secondary N) is 2. The van der Waals surface area contributed by atoms with Gasteiger partial charge in [0, 0.05) is 13.1 Å². The normalized spacial score (nSPS) is 23.4. The van der Waals surface area contributed by atoms with Crippen molar-refractivity contribution in [2.45, 2.75) is 50.5 Å². The molecule has 1 aliphatic carbocycles. The molecule has 5 heteroatoms. The van der Waals surface area contributed by atoms with Gasteiger partial charge in [-0.05, 0) is 32.1 Å². The summed E-state index contributed by atoms with van der Waals surface area (Å²) in [7, 11) is 0. The van der Waals surface area contributed by atoms with Gasteiger partial charge >= 0.3 is 6.03 Å². The fourth-order valence-electron chi connectivity index (χ4n) is 2.82. The van der Waals surface area contributed by atoms with Gasteiger partial charge in [0.15, 0.2) is 0 Å². The topological polar surface area (TPSA) is 82.2 Å². The summed E-state index contributed by atoms with van der Waals surface area (Å²) in [4.78, 5) is 14.0. The van der Waals surface area contributed by atoms with Crippen LogP contribution in [0.1, 0.15) is 44.9 Å². The Bertz CT molecular complexity index is 304. The molecule has 0 unspecified atom stereocenters. The standard InChI is InChI=1S/C12H22N4O/c13-10(14)12(6-2-3-7-12)15-11(17)16-8-4-1-5-9-16/h1-9H2,(H3,13,14)(H,15,17). The van der Waals surface area contributed by atoms with Crippen molar-refractivity contribution in [2.75, 3.05) is 13.1 Å². The van der Waals surface area contributed by atoms with E-state index in [2.05, 4.69) is 5.32 Å². The summed E-state index contributed by atoms with van der Waals surface area (Å²) in [6, 6.07) is -0.0400. The van der Waals surface area contributed by atoms with Gasteiger partial charge in [0.2, 0.25) is 0 Å². The lowest BCUT2D eigenvalue weighted by atomic mass is 9.96. The van der Waals surface area contributed by atoms with Crippen molar-refractivity contribution in [1.82, 2.24) is 10.2 Å². The molecule has 0 spiro atoms. The summed E-state index contributed by atoms with van der Waals surface area (Å²) in [6.07, 6.45) is 7.08. The second-order valence-corrected chi connectivity index (χ2v) is 5.18. The summed E-state index contributed by atoms with van der Waals surface area (Å²) in [5.74, 6) is 0.111. The Kier molecular flexibility index (Phi) is 3.54. The number of piperidine rings is 1. The number of likely N-dealkylation sites (tertiary alicyclic amines) is 1. The molecule has 2 aliphatic rings. The van der Waals surface area contributed by atoms with Crippen molar-refractivity contribution in [3.8, 4) is 0 Å². The molecule has 1 aliphatic heterocycles. The fourth-order valence-corrected chi connectivity index (χ4v) is 2.82. The van der Waals surface area contributed by atoms with Crippen molar-refractivity contribution in [1.29, 1.82) is 5.41 Å². The van der Waals surface area contributed by atoms with E-state index in [9.17, 15) is 4.79 Å². The molecule has 2 fully saturated rings. The third-order valence-corrected chi connectivity index (χ3v) is 3.96. The number of rotatable bonds is 2. The largest absolute Gasteiger partial charge is 0.386 e. The first-order chi connectivity index (χ1) is 8.14. The van der Waals surface area contributed by atoms with Gasteiger partial charge in [-0.1, -0.05) is 12.8 Å². The second-order valence-electron chi connectivity index (χ2n) is 5.18. The number of hydrogen-bond donors (Lipinski definition) is 3. The smallest absolute Gasteiger partial charge is 0.318 e. The van der Waals surface area contributed by atoms with Crippen LogP contribution in [-0.4, -0.2) is 35.4 Å². The first-order valence-electron chi connectivity index (χ1n) is 6.56. The number of amidine groups is 1. The van der Waals surface area contributed by atoms with Crippen LogP contribution in [0.3, 0.4) is 0 Å². The number of amides is 2. The minimum atomic E-state index is -0.561. The van der Waals surface area contributed by atoms with Crippen molar-refractivity contribution >= 4 is 11.9 Å². The first-order valence-corrected chi connectivity index (χ1v) is 6.56. The average molecular weight is 238 g/mol. The van der Waals surface area contributed by atoms with E-state index in [0.29, 0.717) is 0 Å². The van der Waals surface area contributed by atoms with Crippen molar-refractivity contribution in [3.05, 3.63) is 0 Å². The molecule has 2 amide bonds. The number of nitrogens with zero attached hydrogens (tertiary/aromatic N) is 1. The van der Waals surface area contributed by atoms with E-state index >= 15 is 0 Å². The maximum Gasteiger partial charge on any atom is 0.318 e. The second kappa shape index (κ2) is 4.94. The van der Waals surface area contributed by atoms with Gasteiger partial charge in [0.05, 0.1) is 5.54 Å². The van der Waals surface area contributed by atoms with Crippen LogP contribution < -0.4 is 11.1 Å². The Morgan fingerprint density at radius 1 is 1.12 bits per heavy atom. The molecule has 2 rings (SSSR count). The molecule has 4 N–H and O–H groups in total. The molecule has 96 valence electrons. The van der Waals surface area contributed by atoms with Crippen LogP contribution in [0.15, 0.2) is 0 Å². The van der Waals surface area contributed by atoms with Crippen molar-refractivity contribution in [3.63, 3.8) is 0 Å². The predicted octanol–water partition coefficient (Wildman–Crippen LogP) is 1.43. The van der Waals surface area contributed by atoms with Crippen LogP contribution in [-0.2, 0) is 0 Å². The van der Waals surface area contributed by atoms with Gasteiger partial charge in [-0.2, -0.15) is 0 Å². The number of carbonyl (C=O) groups is 1. The third-order valence-electron chi connectivity index (χ3n) is 3.96. The quantitative estimate of drug-likeness (QED) is 0.502. The Morgan fingerprint density at radius 3 is 2.24 bits per heavy atom. The SMILES string of the molecule is N=C(N)C1(NC(=O)N2CCCCC2)CCCC1. The molecule has 1 saturated heterocycles. The lowest BCUT2D eigenvalue weighted by Crippen LogP contribution is -2.59. The molecule has 0 aromatic rings. The Labute approximate surface area is 102 Å². The maximum absolute atomic E-state index is 12.1. The minimum absolute atomic E-state index is 0.0400. The maximum atomic E-state index is 12.1. The van der Waals surface area contributed by atoms with Crippen LogP contribution in [0.2, 0.25) is 0 Å². The molecule has 0 aromatic carbocycles. The van der Waals surface area contributed by atoms with E-state index < -0.39 is 5.54 Å². The van der Waals surface area contributed by atoms with Crippen LogP contribution in [0.25, 0.3) is 0 Å². The summed E-state index contributed by atoms with van der Waals surface area (Å²) in [6.45, 7) is 1.67. The number of carbonyl (C=O) groups excluding carboxylic acids is 1. The van der Waals surface area contributed by atoms with Crippen LogP contribution in [0.4, 0.5) is 4.79 Å². The zero-order valence-electron chi connectivity index (χ0n) is 10.3. The molecule has 1 heterocycles. The highest BCUT2D eigenvalue weighted by atomic mass is 16.2. The van der Waals surface area contributed by atoms with Gasteiger partial charge in [-0.15, -0.1) is 0 Å². The van der Waals surface area contributed by atoms with Gasteiger partial charge < -0.3 is 16.0 Å². The number of urea groups is 1. The lowest BCUT2D eigenvalue weighted by Gasteiger charge is -2.34. The number of nitrogens with two attached hydrogens (primary N) is 1. The lowest BCUT2D eigenvalue weighted by molar-refractivity contribution is 0.179. The highest BCUT2D eigenvalue weighted by Crippen LogP contribution is 2.29. The zero-order valence-corrected chi connectivity index (χ0v) is 10.3. The fraction of sp³-hybridized carbons (Fsp3) is 0.833. The van der Waals surface area contributed by atoms with E-state index in [1.165, 1.54) is 6.42 Å². The Hall–Kier alpha value is -1.26. The number of hydrogen-bond acceptors (Lipinski definition) is 2. The van der Waals surface area contributed by atoms with Crippen LogP contribution in [0, 0.1) is 5.41 Å². The van der Waals surface area contributed by atoms with E-state index in [0.717, 1.165) is 51.6 Å². The molecule has 0 radical (unpaired) electrons. The summed E-state index contributed by atoms with van der Waals surface area (Å²) in [5.41, 5.74) is 5.10. The molecule has 17 heavy (non-hydrogen) atoms. The van der Waals surface area contributed by atoms with Gasteiger partial charge in [0.1, 0.15) is 5.84 Å². The summed E-state index contributed by atoms with van der Waals surface area (Å²) in [5, 5.41) is 10.7. The Morgan fingerprint density at radius 2 is 1.71 bits per heavy atom. The van der Waals surface area contributed by atoms with Crippen molar-refractivity contribution < 1.29 is 4.79 Å². The first kappa shape index (κ1) is 12.2. The van der Waals surface area contributed by atoms with E-state index in [-0.39, 0.29) is 11.9 Å². The van der Waals surface area contributed by atoms with Crippen molar-refractivity contribution in [2.24, 2.45) is 5.73 Å². The summed E-state index contributed by atoms with van der Waals surface area (Å²) < 4.78 is 0. The van der Waals surface area contributed by atoms with Gasteiger partial charge in [0.25, 0.3) is 0 Å². The van der Waals surface area contributed by atoms with E-state index in [4.69, 9.17) is 11.1 Å². The molecule has 0 bridgehead atoms. The summed E-state index contributed by atoms with van der Waals surface area (Å²) >= 11 is 0. The monoisotopic (exact) mass is 238 g/mol. The Balaban J connectivity index is 1.98. The molecule has 5 nitrogen and oxygen atoms in total. The predicted molar refractivity (Wildman–Crippen MR) is 67.1 cm³/mol. The van der Waals surface area contributed by atoms with Gasteiger partial charge in [-0.25, -0.2) is 4.79 Å². The molecule has 1 saturated carbocycles. The van der Waals surface area contributed by atoms with Gasteiger partial charge in [-0.3, -0.25) is 5.41 Å². The molecule has 0 atom stereocenters.